The van der Waals surface area contributed by atoms with Gasteiger partial charge in [0.15, 0.2) is 10.8 Å². The van der Waals surface area contributed by atoms with Crippen LogP contribution in [0.25, 0.3) is 0 Å². The Kier molecular flexibility index (Phi) is 10.3. The van der Waals surface area contributed by atoms with Crippen molar-refractivity contribution in [2.24, 2.45) is 11.3 Å². The number of carbonyl (C=O) groups is 3. The number of nitro benzene ring substituents is 1. The number of β-lactam (4-membered cyclic amide) rings is 1. The number of carbonyl (C=O) groups excluding carboxylic acids is 3. The van der Waals surface area contributed by atoms with Crippen molar-refractivity contribution < 1.29 is 33.9 Å². The molecule has 214 valence electrons. The number of alkyl halides is 1. The van der Waals surface area contributed by atoms with E-state index < -0.39 is 39.7 Å². The highest BCUT2D eigenvalue weighted by molar-refractivity contribution is 8.16. The third kappa shape index (κ3) is 7.36. The lowest BCUT2D eigenvalue weighted by atomic mass is 9.92. The third-order valence-electron chi connectivity index (χ3n) is 5.80. The first kappa shape index (κ1) is 31.5. The molecule has 0 aliphatic carbocycles. The van der Waals surface area contributed by atoms with E-state index >= 15 is 0 Å². The number of hydrogen-bond acceptors (Lipinski definition) is 10. The van der Waals surface area contributed by atoms with Crippen molar-refractivity contribution in [3.05, 3.63) is 75.0 Å². The summed E-state index contributed by atoms with van der Waals surface area (Å²) in [7, 11) is 0. The quantitative estimate of drug-likeness (QED) is 0.0434. The van der Waals surface area contributed by atoms with E-state index in [1.165, 1.54) is 43.0 Å². The number of aliphatic hydroxyl groups excluding tert-OH is 1. The molecule has 1 fully saturated rings. The van der Waals surface area contributed by atoms with Crippen molar-refractivity contribution in [1.82, 2.24) is 4.90 Å². The molecule has 0 aromatic heterocycles. The summed E-state index contributed by atoms with van der Waals surface area (Å²) in [4.78, 5) is 52.0. The van der Waals surface area contributed by atoms with Crippen molar-refractivity contribution in [3.63, 3.8) is 0 Å². The molecular formula is C27H29ClN2O8S2. The minimum atomic E-state index is -1.11. The van der Waals surface area contributed by atoms with Crippen molar-refractivity contribution in [3.8, 4) is 5.75 Å². The Balaban J connectivity index is 2.04. The van der Waals surface area contributed by atoms with E-state index in [1.807, 2.05) is 6.26 Å². The average molecular weight is 609 g/mol. The lowest BCUT2D eigenvalue weighted by Gasteiger charge is -2.45. The number of nitrogens with zero attached hydrogens (tertiary/aromatic N) is 2. The molecule has 0 radical (unpaired) electrons. The highest BCUT2D eigenvalue weighted by Crippen LogP contribution is 2.41. The number of hydrogen-bond donors (Lipinski definition) is 1. The molecule has 1 heterocycles. The van der Waals surface area contributed by atoms with Gasteiger partial charge in [0.2, 0.25) is 11.0 Å². The van der Waals surface area contributed by atoms with E-state index in [9.17, 15) is 29.6 Å². The number of likely N-dealkylation sites (tertiary alicyclic amines) is 1. The number of esters is 1. The topological polar surface area (TPSA) is 136 Å². The Bertz CT molecular complexity index is 1310. The fraction of sp³-hybridized carbons (Fsp3) is 0.370. The van der Waals surface area contributed by atoms with Gasteiger partial charge in [-0.3, -0.25) is 24.6 Å². The van der Waals surface area contributed by atoms with Gasteiger partial charge in [-0.15, -0.1) is 11.8 Å². The Morgan fingerprint density at radius 2 is 1.75 bits per heavy atom. The number of benzene rings is 2. The van der Waals surface area contributed by atoms with Crippen LogP contribution < -0.4 is 4.74 Å². The van der Waals surface area contributed by atoms with Gasteiger partial charge in [-0.1, -0.05) is 32.4 Å². The maximum atomic E-state index is 13.5. The van der Waals surface area contributed by atoms with Gasteiger partial charge in [0.1, 0.15) is 17.9 Å². The molecule has 13 heteroatoms. The SMILES string of the molecule is CSc1ccc(OC(SC(=O)C(C)(C)C)=C(C(=O)OCc2ccc([N+](=O)[O-])cc2)N2C(=O)[C@H]([C@@H](C)O)[C@H]2Cl)cc1. The number of halogens is 1. The van der Waals surface area contributed by atoms with E-state index in [1.54, 1.807) is 45.0 Å². The molecule has 1 aliphatic rings. The maximum Gasteiger partial charge on any atom is 0.359 e. The minimum Gasteiger partial charge on any atom is -0.456 e. The second-order valence-electron chi connectivity index (χ2n) is 9.90. The van der Waals surface area contributed by atoms with Crippen LogP contribution in [-0.2, 0) is 25.7 Å². The summed E-state index contributed by atoms with van der Waals surface area (Å²) in [6.45, 7) is 6.21. The number of amides is 1. The summed E-state index contributed by atoms with van der Waals surface area (Å²) in [5.74, 6) is -2.33. The summed E-state index contributed by atoms with van der Waals surface area (Å²) in [5, 5.41) is 20.4. The van der Waals surface area contributed by atoms with Crippen LogP contribution in [0.15, 0.2) is 64.2 Å². The zero-order chi connectivity index (χ0) is 29.8. The molecule has 2 aromatic rings. The second-order valence-corrected chi connectivity index (χ2v) is 12.2. The van der Waals surface area contributed by atoms with E-state index in [0.717, 1.165) is 9.80 Å². The van der Waals surface area contributed by atoms with Crippen LogP contribution >= 0.6 is 35.1 Å². The lowest BCUT2D eigenvalue weighted by molar-refractivity contribution is -0.384. The molecule has 1 amide bonds. The Labute approximate surface area is 245 Å². The molecule has 0 spiro atoms. The number of aliphatic hydroxyl groups is 1. The zero-order valence-electron chi connectivity index (χ0n) is 22.5. The molecule has 40 heavy (non-hydrogen) atoms. The third-order valence-corrected chi connectivity index (χ3v) is 8.27. The summed E-state index contributed by atoms with van der Waals surface area (Å²) in [5.41, 5.74) is -2.02. The lowest BCUT2D eigenvalue weighted by Crippen LogP contribution is -2.62. The molecule has 0 saturated carbocycles. The van der Waals surface area contributed by atoms with Crippen LogP contribution in [0.5, 0.6) is 5.75 Å². The molecule has 1 aliphatic heterocycles. The fourth-order valence-electron chi connectivity index (χ4n) is 3.46. The maximum absolute atomic E-state index is 13.5. The van der Waals surface area contributed by atoms with Gasteiger partial charge in [-0.25, -0.2) is 4.79 Å². The van der Waals surface area contributed by atoms with Crippen molar-refractivity contribution >= 4 is 57.8 Å². The van der Waals surface area contributed by atoms with Crippen LogP contribution in [0.1, 0.15) is 33.3 Å². The van der Waals surface area contributed by atoms with Gasteiger partial charge < -0.3 is 14.6 Å². The Morgan fingerprint density at radius 3 is 2.23 bits per heavy atom. The predicted octanol–water partition coefficient (Wildman–Crippen LogP) is 5.32. The highest BCUT2D eigenvalue weighted by Gasteiger charge is 2.53. The molecule has 2 aromatic carbocycles. The molecule has 0 unspecified atom stereocenters. The summed E-state index contributed by atoms with van der Waals surface area (Å²) in [6.07, 6.45) is 0.822. The predicted molar refractivity (Wildman–Crippen MR) is 152 cm³/mol. The number of ether oxygens (including phenoxy) is 2. The molecule has 3 rings (SSSR count). The molecule has 1 saturated heterocycles. The summed E-state index contributed by atoms with van der Waals surface area (Å²) >= 11 is 8.62. The Hall–Kier alpha value is -3.06. The number of nitro groups is 1. The van der Waals surface area contributed by atoms with Crippen LogP contribution in [0, 0.1) is 21.4 Å². The molecule has 3 atom stereocenters. The molecule has 1 N–H and O–H groups in total. The second kappa shape index (κ2) is 13.1. The monoisotopic (exact) mass is 608 g/mol. The highest BCUT2D eigenvalue weighted by atomic mass is 35.5. The Morgan fingerprint density at radius 1 is 1.15 bits per heavy atom. The standard InChI is InChI=1S/C27H29ClN2O8S2/c1-15(31)20-22(28)29(23(20)32)21(24(33)37-14-16-6-8-17(9-7-16)30(35)36)25(40-26(34)27(2,3)4)38-18-10-12-19(39-5)13-11-18/h6-13,15,20,22,31H,14H2,1-5H3/t15-,20-,22+/m1/s1. The number of thioether (sulfide) groups is 2. The first-order valence-electron chi connectivity index (χ1n) is 12.1. The van der Waals surface area contributed by atoms with Crippen LogP contribution in [0.2, 0.25) is 0 Å². The van der Waals surface area contributed by atoms with Gasteiger partial charge in [0, 0.05) is 22.4 Å². The number of rotatable bonds is 10. The van der Waals surface area contributed by atoms with Gasteiger partial charge in [0.25, 0.3) is 5.69 Å². The largest absolute Gasteiger partial charge is 0.456 e. The first-order valence-corrected chi connectivity index (χ1v) is 14.6. The summed E-state index contributed by atoms with van der Waals surface area (Å²) in [6, 6.07) is 12.3. The smallest absolute Gasteiger partial charge is 0.359 e. The van der Waals surface area contributed by atoms with Crippen LogP contribution in [-0.4, -0.2) is 49.8 Å². The van der Waals surface area contributed by atoms with Gasteiger partial charge in [-0.05, 0) is 66.9 Å². The molecular weight excluding hydrogens is 580 g/mol. The molecule has 0 bridgehead atoms. The van der Waals surface area contributed by atoms with Crippen molar-refractivity contribution in [2.75, 3.05) is 6.26 Å². The fourth-order valence-corrected chi connectivity index (χ4v) is 5.28. The molecule has 10 nitrogen and oxygen atoms in total. The van der Waals surface area contributed by atoms with E-state index in [4.69, 9.17) is 21.1 Å². The van der Waals surface area contributed by atoms with Gasteiger partial charge in [-0.2, -0.15) is 0 Å². The van der Waals surface area contributed by atoms with Crippen molar-refractivity contribution in [2.45, 2.75) is 50.8 Å². The van der Waals surface area contributed by atoms with Gasteiger partial charge >= 0.3 is 5.97 Å². The van der Waals surface area contributed by atoms with Crippen LogP contribution in [0.4, 0.5) is 5.69 Å². The van der Waals surface area contributed by atoms with E-state index in [-0.39, 0.29) is 28.2 Å². The first-order chi connectivity index (χ1) is 18.7. The minimum absolute atomic E-state index is 0.128. The number of non-ortho nitro benzene ring substituents is 1. The van der Waals surface area contributed by atoms with Gasteiger partial charge in [0.05, 0.1) is 16.9 Å². The van der Waals surface area contributed by atoms with E-state index in [0.29, 0.717) is 23.1 Å². The average Bonchev–Trinajstić information content (AvgIpc) is 2.89. The zero-order valence-corrected chi connectivity index (χ0v) is 24.8. The van der Waals surface area contributed by atoms with E-state index in [2.05, 4.69) is 0 Å². The van der Waals surface area contributed by atoms with Crippen molar-refractivity contribution in [1.29, 1.82) is 0 Å². The summed E-state index contributed by atoms with van der Waals surface area (Å²) < 4.78 is 11.5. The normalized spacial score (nSPS) is 18.4. The van der Waals surface area contributed by atoms with Crippen LogP contribution in [0.3, 0.4) is 0 Å².